The molecule has 1 fully saturated rings. The third-order valence-electron chi connectivity index (χ3n) is 2.30. The lowest BCUT2D eigenvalue weighted by Gasteiger charge is -2.34. The largest absolute Gasteiger partial charge is 0.282 e. The number of hydrogen-bond acceptors (Lipinski definition) is 1. The molecule has 0 amide bonds. The topological polar surface area (TPSA) is 3.24 Å². The number of terminal acetylenes is 1. The van der Waals surface area contributed by atoms with E-state index in [2.05, 4.69) is 31.6 Å². The highest BCUT2D eigenvalue weighted by atomic mass is 19.1. The second-order valence-corrected chi connectivity index (χ2v) is 4.34. The van der Waals surface area contributed by atoms with E-state index in [1.165, 1.54) is 0 Å². The Kier molecular flexibility index (Phi) is 2.44. The Morgan fingerprint density at radius 3 is 2.42 bits per heavy atom. The molecule has 0 unspecified atom stereocenters. The summed E-state index contributed by atoms with van der Waals surface area (Å²) in [6, 6.07) is -0.0139. The van der Waals surface area contributed by atoms with Crippen molar-refractivity contribution in [1.29, 1.82) is 0 Å². The van der Waals surface area contributed by atoms with Crippen LogP contribution in [-0.2, 0) is 0 Å². The molecule has 0 N–H and O–H groups in total. The monoisotopic (exact) mass is 169 g/mol. The molecule has 0 aliphatic carbocycles. The van der Waals surface area contributed by atoms with Crippen molar-refractivity contribution in [3.05, 3.63) is 0 Å². The summed E-state index contributed by atoms with van der Waals surface area (Å²) in [6.07, 6.45) is 5.07. The first-order valence-electron chi connectivity index (χ1n) is 4.32. The van der Waals surface area contributed by atoms with Crippen LogP contribution in [0.2, 0.25) is 0 Å². The van der Waals surface area contributed by atoms with Crippen LogP contribution in [0.25, 0.3) is 0 Å². The summed E-state index contributed by atoms with van der Waals surface area (Å²) in [6.45, 7) is 6.68. The minimum absolute atomic E-state index is 0.0139. The van der Waals surface area contributed by atoms with E-state index < -0.39 is 6.17 Å². The molecule has 2 atom stereocenters. The standard InChI is InChI=1S/C10H16FN/c1-5-9-6-8(11)7-12(9)10(2,3)4/h1,8-9H,6-7H2,2-4H3/t8-,9+/m0/s1. The predicted octanol–water partition coefficient (Wildman–Crippen LogP) is 1.83. The molecular weight excluding hydrogens is 153 g/mol. The average Bonchev–Trinajstić information content (AvgIpc) is 2.29. The van der Waals surface area contributed by atoms with Crippen molar-refractivity contribution in [1.82, 2.24) is 4.90 Å². The van der Waals surface area contributed by atoms with Crippen molar-refractivity contribution < 1.29 is 4.39 Å². The minimum Gasteiger partial charge on any atom is -0.282 e. The van der Waals surface area contributed by atoms with Gasteiger partial charge in [0.2, 0.25) is 0 Å². The van der Waals surface area contributed by atoms with Crippen LogP contribution in [0.5, 0.6) is 0 Å². The van der Waals surface area contributed by atoms with Gasteiger partial charge in [0.1, 0.15) is 6.17 Å². The molecule has 1 nitrogen and oxygen atoms in total. The highest BCUT2D eigenvalue weighted by molar-refractivity contribution is 5.07. The Morgan fingerprint density at radius 1 is 1.50 bits per heavy atom. The zero-order valence-corrected chi connectivity index (χ0v) is 7.97. The van der Waals surface area contributed by atoms with Gasteiger partial charge in [-0.2, -0.15) is 0 Å². The second kappa shape index (κ2) is 3.06. The van der Waals surface area contributed by atoms with Crippen LogP contribution in [0.15, 0.2) is 0 Å². The molecule has 1 saturated heterocycles. The summed E-state index contributed by atoms with van der Waals surface area (Å²) in [4.78, 5) is 2.05. The molecule has 1 rings (SSSR count). The summed E-state index contributed by atoms with van der Waals surface area (Å²) in [5.74, 6) is 2.64. The Bertz CT molecular complexity index is 199. The van der Waals surface area contributed by atoms with E-state index in [-0.39, 0.29) is 11.6 Å². The van der Waals surface area contributed by atoms with Crippen molar-refractivity contribution in [3.63, 3.8) is 0 Å². The maximum Gasteiger partial charge on any atom is 0.115 e. The summed E-state index contributed by atoms with van der Waals surface area (Å²) < 4.78 is 13.0. The van der Waals surface area contributed by atoms with Crippen LogP contribution in [-0.4, -0.2) is 29.2 Å². The Labute approximate surface area is 73.9 Å². The van der Waals surface area contributed by atoms with Crippen LogP contribution >= 0.6 is 0 Å². The fraction of sp³-hybridized carbons (Fsp3) is 0.800. The zero-order chi connectivity index (χ0) is 9.35. The van der Waals surface area contributed by atoms with Gasteiger partial charge < -0.3 is 0 Å². The first-order chi connectivity index (χ1) is 5.45. The molecule has 1 heterocycles. The van der Waals surface area contributed by atoms with Gasteiger partial charge in [-0.3, -0.25) is 4.90 Å². The zero-order valence-electron chi connectivity index (χ0n) is 7.97. The fourth-order valence-corrected chi connectivity index (χ4v) is 1.68. The van der Waals surface area contributed by atoms with Crippen molar-refractivity contribution in [2.75, 3.05) is 6.54 Å². The van der Waals surface area contributed by atoms with Crippen molar-refractivity contribution in [2.45, 2.75) is 44.9 Å². The van der Waals surface area contributed by atoms with Gasteiger partial charge >= 0.3 is 0 Å². The Balaban J connectivity index is 2.72. The third-order valence-corrected chi connectivity index (χ3v) is 2.30. The van der Waals surface area contributed by atoms with E-state index in [4.69, 9.17) is 6.42 Å². The van der Waals surface area contributed by atoms with Gasteiger partial charge in [0.25, 0.3) is 0 Å². The lowest BCUT2D eigenvalue weighted by molar-refractivity contribution is 0.138. The highest BCUT2D eigenvalue weighted by Gasteiger charge is 2.37. The molecule has 2 heteroatoms. The van der Waals surface area contributed by atoms with Gasteiger partial charge in [-0.15, -0.1) is 6.42 Å². The second-order valence-electron chi connectivity index (χ2n) is 4.34. The molecule has 68 valence electrons. The molecule has 0 aromatic rings. The normalized spacial score (nSPS) is 31.9. The molecule has 0 saturated carbocycles. The average molecular weight is 169 g/mol. The van der Waals surface area contributed by atoms with Gasteiger partial charge in [0, 0.05) is 18.5 Å². The van der Waals surface area contributed by atoms with Gasteiger partial charge in [-0.05, 0) is 20.8 Å². The third kappa shape index (κ3) is 1.78. The number of nitrogens with zero attached hydrogens (tertiary/aromatic N) is 1. The van der Waals surface area contributed by atoms with Crippen molar-refractivity contribution >= 4 is 0 Å². The molecule has 0 bridgehead atoms. The fourth-order valence-electron chi connectivity index (χ4n) is 1.68. The molecule has 0 aromatic carbocycles. The first kappa shape index (κ1) is 9.54. The summed E-state index contributed by atoms with van der Waals surface area (Å²) >= 11 is 0. The molecule has 1 aliphatic rings. The molecule has 0 spiro atoms. The van der Waals surface area contributed by atoms with E-state index in [0.29, 0.717) is 13.0 Å². The lowest BCUT2D eigenvalue weighted by Crippen LogP contribution is -2.44. The Hall–Kier alpha value is -0.550. The SMILES string of the molecule is C#C[C@@H]1C[C@H](F)CN1C(C)(C)C. The molecule has 1 aliphatic heterocycles. The molecule has 12 heavy (non-hydrogen) atoms. The first-order valence-corrected chi connectivity index (χ1v) is 4.32. The maximum atomic E-state index is 13.0. The Morgan fingerprint density at radius 2 is 2.08 bits per heavy atom. The van der Waals surface area contributed by atoms with Gasteiger partial charge in [0.15, 0.2) is 0 Å². The van der Waals surface area contributed by atoms with Crippen LogP contribution in [0.1, 0.15) is 27.2 Å². The maximum absolute atomic E-state index is 13.0. The number of likely N-dealkylation sites (tertiary alicyclic amines) is 1. The molecular formula is C10H16FN. The predicted molar refractivity (Wildman–Crippen MR) is 48.6 cm³/mol. The number of halogens is 1. The van der Waals surface area contributed by atoms with Gasteiger partial charge in [-0.25, -0.2) is 4.39 Å². The lowest BCUT2D eigenvalue weighted by atomic mass is 10.1. The van der Waals surface area contributed by atoms with Crippen molar-refractivity contribution in [2.24, 2.45) is 0 Å². The quantitative estimate of drug-likeness (QED) is 0.500. The van der Waals surface area contributed by atoms with Crippen LogP contribution in [0, 0.1) is 12.3 Å². The van der Waals surface area contributed by atoms with Crippen LogP contribution in [0.4, 0.5) is 4.39 Å². The van der Waals surface area contributed by atoms with Crippen molar-refractivity contribution in [3.8, 4) is 12.3 Å². The van der Waals surface area contributed by atoms with Gasteiger partial charge in [0.05, 0.1) is 6.04 Å². The summed E-state index contributed by atoms with van der Waals surface area (Å²) in [5, 5.41) is 0. The minimum atomic E-state index is -0.745. The van der Waals surface area contributed by atoms with E-state index >= 15 is 0 Å². The summed E-state index contributed by atoms with van der Waals surface area (Å²) in [5.41, 5.74) is -0.0160. The van der Waals surface area contributed by atoms with Crippen LogP contribution in [0.3, 0.4) is 0 Å². The van der Waals surface area contributed by atoms with E-state index in [9.17, 15) is 4.39 Å². The van der Waals surface area contributed by atoms with Gasteiger partial charge in [-0.1, -0.05) is 5.92 Å². The van der Waals surface area contributed by atoms with E-state index in [0.717, 1.165) is 0 Å². The summed E-state index contributed by atoms with van der Waals surface area (Å²) in [7, 11) is 0. The van der Waals surface area contributed by atoms with E-state index in [1.54, 1.807) is 0 Å². The smallest absolute Gasteiger partial charge is 0.115 e. The highest BCUT2D eigenvalue weighted by Crippen LogP contribution is 2.27. The van der Waals surface area contributed by atoms with Crippen LogP contribution < -0.4 is 0 Å². The molecule has 0 radical (unpaired) electrons. The van der Waals surface area contributed by atoms with E-state index in [1.807, 2.05) is 0 Å². The molecule has 0 aromatic heterocycles. The number of rotatable bonds is 0. The number of hydrogen-bond donors (Lipinski definition) is 0. The number of alkyl halides is 1.